The third-order valence-corrected chi connectivity index (χ3v) is 9.12. The molecule has 36 heavy (non-hydrogen) atoms. The molecule has 190 valence electrons. The zero-order valence-corrected chi connectivity index (χ0v) is 21.7. The second-order valence-corrected chi connectivity index (χ2v) is 11.0. The maximum atomic E-state index is 14.5. The average molecular weight is 555 g/mol. The first-order valence-electron chi connectivity index (χ1n) is 11.4. The number of alkyl halides is 3. The van der Waals surface area contributed by atoms with Gasteiger partial charge in [0.15, 0.2) is 0 Å². The van der Waals surface area contributed by atoms with E-state index in [0.29, 0.717) is 58.7 Å². The molecule has 1 atom stereocenters. The molecule has 3 aromatic rings. The van der Waals surface area contributed by atoms with Crippen molar-refractivity contribution < 1.29 is 18.0 Å². The van der Waals surface area contributed by atoms with Crippen LogP contribution >= 0.6 is 34.7 Å². The lowest BCUT2D eigenvalue weighted by atomic mass is 10.0. The van der Waals surface area contributed by atoms with E-state index in [1.165, 1.54) is 23.9 Å². The summed E-state index contributed by atoms with van der Waals surface area (Å²) in [6, 6.07) is 2.48. The smallest absolute Gasteiger partial charge is 0.352 e. The fourth-order valence-corrected chi connectivity index (χ4v) is 7.47. The van der Waals surface area contributed by atoms with Gasteiger partial charge in [0.25, 0.3) is 0 Å². The quantitative estimate of drug-likeness (QED) is 0.388. The normalized spacial score (nSPS) is 18.1. The van der Waals surface area contributed by atoms with Gasteiger partial charge in [0.2, 0.25) is 5.91 Å². The van der Waals surface area contributed by atoms with Crippen molar-refractivity contribution in [2.45, 2.75) is 30.5 Å². The molecule has 2 aliphatic heterocycles. The third-order valence-electron chi connectivity index (χ3n) is 6.59. The molecular weight excluding hydrogens is 533 g/mol. The van der Waals surface area contributed by atoms with Crippen molar-refractivity contribution in [1.82, 2.24) is 14.5 Å². The summed E-state index contributed by atoms with van der Waals surface area (Å²) in [5.41, 5.74) is -0.728. The Balaban J connectivity index is 1.78. The van der Waals surface area contributed by atoms with Crippen LogP contribution in [0, 0.1) is 0 Å². The average Bonchev–Trinajstić information content (AvgIpc) is 3.30. The summed E-state index contributed by atoms with van der Waals surface area (Å²) in [7, 11) is 0. The van der Waals surface area contributed by atoms with Crippen LogP contribution in [-0.2, 0) is 11.0 Å². The molecule has 2 aliphatic rings. The van der Waals surface area contributed by atoms with Crippen LogP contribution in [0.1, 0.15) is 24.9 Å². The van der Waals surface area contributed by atoms with Crippen LogP contribution in [-0.4, -0.2) is 52.3 Å². The van der Waals surface area contributed by atoms with Gasteiger partial charge in [0.05, 0.1) is 16.1 Å². The highest BCUT2D eigenvalue weighted by Gasteiger charge is 2.39. The van der Waals surface area contributed by atoms with E-state index in [9.17, 15) is 22.8 Å². The molecule has 1 amide bonds. The predicted molar refractivity (Wildman–Crippen MR) is 138 cm³/mol. The monoisotopic (exact) mass is 554 g/mol. The van der Waals surface area contributed by atoms with E-state index in [1.807, 2.05) is 6.92 Å². The number of hydrogen-bond acceptors (Lipinski definition) is 6. The fourth-order valence-electron chi connectivity index (χ4n) is 4.81. The van der Waals surface area contributed by atoms with Crippen LogP contribution < -0.4 is 10.6 Å². The molecule has 1 fully saturated rings. The van der Waals surface area contributed by atoms with E-state index in [1.54, 1.807) is 19.7 Å². The molecule has 1 saturated heterocycles. The minimum absolute atomic E-state index is 0.0538. The lowest BCUT2D eigenvalue weighted by Crippen LogP contribution is -2.49. The van der Waals surface area contributed by atoms with Crippen LogP contribution in [0.3, 0.4) is 0 Å². The topological polar surface area (TPSA) is 58.4 Å². The van der Waals surface area contributed by atoms with Crippen molar-refractivity contribution in [3.05, 3.63) is 51.2 Å². The van der Waals surface area contributed by atoms with Crippen LogP contribution in [0.15, 0.2) is 39.9 Å². The molecule has 0 aliphatic carbocycles. The van der Waals surface area contributed by atoms with Gasteiger partial charge >= 0.3 is 11.9 Å². The predicted octanol–water partition coefficient (Wildman–Crippen LogP) is 5.69. The van der Waals surface area contributed by atoms with Crippen molar-refractivity contribution in [2.75, 3.05) is 36.8 Å². The van der Waals surface area contributed by atoms with Gasteiger partial charge in [-0.05, 0) is 24.6 Å². The SMILES string of the molecule is C=CC(=O)N1CCN(c2nc(=O)n3c4c(c(-c5cc(Cl)cs5)c(C(F)(F)F)cc24)SCC3CC)CC1. The lowest BCUT2D eigenvalue weighted by Gasteiger charge is -2.36. The number of thioether (sulfide) groups is 1. The van der Waals surface area contributed by atoms with E-state index < -0.39 is 17.4 Å². The van der Waals surface area contributed by atoms with Crippen LogP contribution in [0.25, 0.3) is 21.3 Å². The van der Waals surface area contributed by atoms with Crippen molar-refractivity contribution in [1.29, 1.82) is 0 Å². The fraction of sp³-hybridized carbons (Fsp3) is 0.375. The number of hydrogen-bond donors (Lipinski definition) is 0. The molecule has 1 unspecified atom stereocenters. The second-order valence-electron chi connectivity index (χ2n) is 8.63. The Kier molecular flexibility index (Phi) is 6.59. The van der Waals surface area contributed by atoms with Crippen LogP contribution in [0.5, 0.6) is 0 Å². The lowest BCUT2D eigenvalue weighted by molar-refractivity contribution is -0.137. The van der Waals surface area contributed by atoms with Crippen LogP contribution in [0.2, 0.25) is 5.02 Å². The summed E-state index contributed by atoms with van der Waals surface area (Å²) < 4.78 is 45.0. The third kappa shape index (κ3) is 4.20. The van der Waals surface area contributed by atoms with E-state index in [0.717, 1.165) is 17.4 Å². The first-order valence-corrected chi connectivity index (χ1v) is 13.6. The molecule has 4 heterocycles. The number of nitrogens with zero attached hydrogens (tertiary/aromatic N) is 4. The summed E-state index contributed by atoms with van der Waals surface area (Å²) >= 11 is 8.58. The molecule has 0 spiro atoms. The first-order chi connectivity index (χ1) is 17.1. The Bertz CT molecular complexity index is 1430. The van der Waals surface area contributed by atoms with Gasteiger partial charge in [-0.3, -0.25) is 9.36 Å². The van der Waals surface area contributed by atoms with Crippen molar-refractivity contribution >= 4 is 57.3 Å². The van der Waals surface area contributed by atoms with Gasteiger partial charge in [-0.1, -0.05) is 25.1 Å². The largest absolute Gasteiger partial charge is 0.417 e. The number of thiophene rings is 1. The van der Waals surface area contributed by atoms with Gasteiger partial charge in [0.1, 0.15) is 5.82 Å². The van der Waals surface area contributed by atoms with Gasteiger partial charge < -0.3 is 9.80 Å². The summed E-state index contributed by atoms with van der Waals surface area (Å²) in [6.07, 6.45) is -2.75. The number of anilines is 1. The highest BCUT2D eigenvalue weighted by atomic mass is 35.5. The molecule has 12 heteroatoms. The number of carbonyl (C=O) groups excluding carboxylic acids is 1. The minimum atomic E-state index is -4.63. The number of benzene rings is 1. The summed E-state index contributed by atoms with van der Waals surface area (Å²) in [6.45, 7) is 6.85. The highest BCUT2D eigenvalue weighted by Crippen LogP contribution is 2.51. The molecule has 0 saturated carbocycles. The number of aromatic nitrogens is 2. The van der Waals surface area contributed by atoms with Crippen molar-refractivity contribution in [3.63, 3.8) is 0 Å². The van der Waals surface area contributed by atoms with E-state index in [4.69, 9.17) is 11.6 Å². The van der Waals surface area contributed by atoms with E-state index in [2.05, 4.69) is 11.6 Å². The van der Waals surface area contributed by atoms with E-state index in [-0.39, 0.29) is 28.7 Å². The first kappa shape index (κ1) is 25.2. The number of amides is 1. The molecule has 0 radical (unpaired) electrons. The zero-order valence-electron chi connectivity index (χ0n) is 19.3. The molecule has 5 rings (SSSR count). The van der Waals surface area contributed by atoms with Gasteiger partial charge in [-0.2, -0.15) is 18.2 Å². The molecular formula is C24H22ClF3N4O2S2. The number of halogens is 4. The molecule has 0 N–H and O–H groups in total. The molecule has 0 bridgehead atoms. The minimum Gasteiger partial charge on any atom is -0.352 e. The molecule has 1 aromatic carbocycles. The standard InChI is InChI=1S/C24H22ClF3N4O2S2/c1-3-14-12-36-21-19(17-9-13(25)11-35-17)16(24(26,27)28)10-15-20(21)32(14)23(34)29-22(15)31-7-5-30(6-8-31)18(33)4-2/h4,9-11,14H,2-3,5-8,12H2,1H3. The van der Waals surface area contributed by atoms with Crippen LogP contribution in [0.4, 0.5) is 19.0 Å². The Morgan fingerprint density at radius 2 is 2.00 bits per heavy atom. The van der Waals surface area contributed by atoms with Gasteiger partial charge in [-0.15, -0.1) is 23.1 Å². The number of piperazine rings is 1. The maximum Gasteiger partial charge on any atom is 0.417 e. The Morgan fingerprint density at radius 1 is 1.28 bits per heavy atom. The molecule has 6 nitrogen and oxygen atoms in total. The Hall–Kier alpha value is -2.50. The summed E-state index contributed by atoms with van der Waals surface area (Å²) in [4.78, 5) is 33.9. The number of carbonyl (C=O) groups is 1. The molecule has 2 aromatic heterocycles. The van der Waals surface area contributed by atoms with Gasteiger partial charge in [-0.25, -0.2) is 4.79 Å². The summed E-state index contributed by atoms with van der Waals surface area (Å²) in [5, 5.41) is 2.26. The second kappa shape index (κ2) is 9.42. The zero-order chi connectivity index (χ0) is 25.8. The van der Waals surface area contributed by atoms with Gasteiger partial charge in [0, 0.05) is 64.1 Å². The van der Waals surface area contributed by atoms with Crippen molar-refractivity contribution in [2.24, 2.45) is 0 Å². The summed E-state index contributed by atoms with van der Waals surface area (Å²) in [5.74, 6) is 0.479. The van der Waals surface area contributed by atoms with E-state index >= 15 is 0 Å². The Morgan fingerprint density at radius 3 is 2.58 bits per heavy atom. The number of rotatable bonds is 4. The Labute approximate surface area is 218 Å². The maximum absolute atomic E-state index is 14.5. The van der Waals surface area contributed by atoms with Crippen molar-refractivity contribution in [3.8, 4) is 10.4 Å². The highest BCUT2D eigenvalue weighted by molar-refractivity contribution is 7.99.